The van der Waals surface area contributed by atoms with Gasteiger partial charge in [-0.3, -0.25) is 4.79 Å². The fourth-order valence-corrected chi connectivity index (χ4v) is 3.72. The summed E-state index contributed by atoms with van der Waals surface area (Å²) in [5.41, 5.74) is 4.20. The smallest absolute Gasteiger partial charge is 0.255 e. The number of amides is 1. The third-order valence-electron chi connectivity index (χ3n) is 5.08. The van der Waals surface area contributed by atoms with Crippen LogP contribution in [0.2, 0.25) is 0 Å². The topological polar surface area (TPSA) is 46.9 Å². The van der Waals surface area contributed by atoms with E-state index in [1.807, 2.05) is 72.3 Å². The predicted molar refractivity (Wildman–Crippen MR) is 103 cm³/mol. The highest BCUT2D eigenvalue weighted by Gasteiger charge is 2.25. The molecule has 26 heavy (non-hydrogen) atoms. The molecule has 4 nitrogen and oxygen atoms in total. The summed E-state index contributed by atoms with van der Waals surface area (Å²) < 4.78 is 1.87. The highest BCUT2D eigenvalue weighted by molar-refractivity contribution is 6.01. The van der Waals surface area contributed by atoms with Gasteiger partial charge in [0.1, 0.15) is 5.69 Å². The van der Waals surface area contributed by atoms with Crippen LogP contribution in [-0.4, -0.2) is 21.7 Å². The number of nitrogens with one attached hydrogen (secondary N) is 1. The van der Waals surface area contributed by atoms with E-state index in [1.165, 1.54) is 12.8 Å². The third-order valence-corrected chi connectivity index (χ3v) is 5.08. The van der Waals surface area contributed by atoms with Crippen LogP contribution in [0.1, 0.15) is 41.7 Å². The Morgan fingerprint density at radius 3 is 2.27 bits per heavy atom. The molecule has 0 spiro atoms. The molecule has 1 aliphatic rings. The quantitative estimate of drug-likeness (QED) is 0.756. The SMILES string of the molecule is Cc1c(C(=O)NC2CCCC2)c(-c2ccccc2)nn1-c1ccccc1. The summed E-state index contributed by atoms with van der Waals surface area (Å²) in [6, 6.07) is 20.2. The first-order valence-corrected chi connectivity index (χ1v) is 9.25. The Morgan fingerprint density at radius 1 is 1.00 bits per heavy atom. The minimum Gasteiger partial charge on any atom is -0.349 e. The molecule has 2 aromatic carbocycles. The van der Waals surface area contributed by atoms with E-state index in [9.17, 15) is 4.79 Å². The summed E-state index contributed by atoms with van der Waals surface area (Å²) in [4.78, 5) is 13.1. The predicted octanol–water partition coefficient (Wildman–Crippen LogP) is 4.52. The Kier molecular flexibility index (Phi) is 4.57. The van der Waals surface area contributed by atoms with Gasteiger partial charge in [0.2, 0.25) is 0 Å². The summed E-state index contributed by atoms with van der Waals surface area (Å²) in [6.07, 6.45) is 4.52. The molecule has 0 atom stereocenters. The van der Waals surface area contributed by atoms with Crippen molar-refractivity contribution in [3.8, 4) is 16.9 Å². The van der Waals surface area contributed by atoms with E-state index in [2.05, 4.69) is 5.32 Å². The van der Waals surface area contributed by atoms with Crippen molar-refractivity contribution in [3.05, 3.63) is 71.9 Å². The van der Waals surface area contributed by atoms with Crippen LogP contribution >= 0.6 is 0 Å². The lowest BCUT2D eigenvalue weighted by Crippen LogP contribution is -2.33. The molecule has 1 aromatic heterocycles. The second-order valence-electron chi connectivity index (χ2n) is 6.88. The molecule has 0 saturated heterocycles. The van der Waals surface area contributed by atoms with Crippen molar-refractivity contribution in [2.24, 2.45) is 0 Å². The molecule has 1 N–H and O–H groups in total. The Morgan fingerprint density at radius 2 is 1.62 bits per heavy atom. The van der Waals surface area contributed by atoms with E-state index in [1.54, 1.807) is 0 Å². The molecular formula is C22H23N3O. The zero-order chi connectivity index (χ0) is 17.9. The van der Waals surface area contributed by atoms with Crippen molar-refractivity contribution in [2.75, 3.05) is 0 Å². The van der Waals surface area contributed by atoms with E-state index in [4.69, 9.17) is 5.10 Å². The number of rotatable bonds is 4. The molecule has 132 valence electrons. The lowest BCUT2D eigenvalue weighted by atomic mass is 10.0. The molecule has 1 saturated carbocycles. The van der Waals surface area contributed by atoms with Gasteiger partial charge in [0.15, 0.2) is 0 Å². The lowest BCUT2D eigenvalue weighted by Gasteiger charge is -2.12. The molecule has 3 aromatic rings. The zero-order valence-electron chi connectivity index (χ0n) is 15.0. The summed E-state index contributed by atoms with van der Waals surface area (Å²) >= 11 is 0. The summed E-state index contributed by atoms with van der Waals surface area (Å²) in [7, 11) is 0. The molecule has 0 bridgehead atoms. The zero-order valence-corrected chi connectivity index (χ0v) is 15.0. The highest BCUT2D eigenvalue weighted by Crippen LogP contribution is 2.28. The van der Waals surface area contributed by atoms with Crippen LogP contribution in [0.4, 0.5) is 0 Å². The summed E-state index contributed by atoms with van der Waals surface area (Å²) in [5.74, 6) is -0.0181. The van der Waals surface area contributed by atoms with Gasteiger partial charge in [0.25, 0.3) is 5.91 Å². The molecule has 4 rings (SSSR count). The van der Waals surface area contributed by atoms with Crippen LogP contribution < -0.4 is 5.32 Å². The number of carbonyl (C=O) groups excluding carboxylic acids is 1. The van der Waals surface area contributed by atoms with E-state index in [0.29, 0.717) is 5.56 Å². The van der Waals surface area contributed by atoms with Crippen LogP contribution in [0.3, 0.4) is 0 Å². The Hall–Kier alpha value is -2.88. The van der Waals surface area contributed by atoms with Gasteiger partial charge >= 0.3 is 0 Å². The van der Waals surface area contributed by atoms with Crippen molar-refractivity contribution < 1.29 is 4.79 Å². The van der Waals surface area contributed by atoms with Crippen LogP contribution in [0, 0.1) is 6.92 Å². The monoisotopic (exact) mass is 345 g/mol. The summed E-state index contributed by atoms with van der Waals surface area (Å²) in [6.45, 7) is 1.97. The molecular weight excluding hydrogens is 322 g/mol. The minimum atomic E-state index is -0.0181. The molecule has 0 aliphatic heterocycles. The van der Waals surface area contributed by atoms with E-state index in [-0.39, 0.29) is 11.9 Å². The van der Waals surface area contributed by atoms with Gasteiger partial charge in [0, 0.05) is 11.6 Å². The van der Waals surface area contributed by atoms with Gasteiger partial charge < -0.3 is 5.32 Å². The van der Waals surface area contributed by atoms with Gasteiger partial charge in [0.05, 0.1) is 16.9 Å². The lowest BCUT2D eigenvalue weighted by molar-refractivity contribution is 0.0938. The van der Waals surface area contributed by atoms with E-state index in [0.717, 1.165) is 35.5 Å². The third kappa shape index (κ3) is 3.15. The fraction of sp³-hybridized carbons (Fsp3) is 0.273. The number of hydrogen-bond acceptors (Lipinski definition) is 2. The van der Waals surface area contributed by atoms with Gasteiger partial charge in [-0.25, -0.2) is 4.68 Å². The maximum absolute atomic E-state index is 13.1. The number of hydrogen-bond donors (Lipinski definition) is 1. The highest BCUT2D eigenvalue weighted by atomic mass is 16.1. The number of benzene rings is 2. The van der Waals surface area contributed by atoms with Crippen molar-refractivity contribution in [3.63, 3.8) is 0 Å². The minimum absolute atomic E-state index is 0.0181. The molecule has 1 heterocycles. The maximum atomic E-state index is 13.1. The average molecular weight is 345 g/mol. The molecule has 0 unspecified atom stereocenters. The normalized spacial score (nSPS) is 14.5. The Balaban J connectivity index is 1.79. The molecule has 1 fully saturated rings. The summed E-state index contributed by atoms with van der Waals surface area (Å²) in [5, 5.41) is 8.02. The number of para-hydroxylation sites is 1. The van der Waals surface area contributed by atoms with Crippen molar-refractivity contribution in [1.29, 1.82) is 0 Å². The number of carbonyl (C=O) groups is 1. The Labute approximate surface area is 153 Å². The Bertz CT molecular complexity index is 894. The largest absolute Gasteiger partial charge is 0.349 e. The molecule has 0 radical (unpaired) electrons. The first-order chi connectivity index (χ1) is 12.7. The molecule has 4 heteroatoms. The van der Waals surface area contributed by atoms with Crippen molar-refractivity contribution in [1.82, 2.24) is 15.1 Å². The standard InChI is InChI=1S/C22H23N3O/c1-16-20(22(26)23-18-12-8-9-13-18)21(17-10-4-2-5-11-17)24-25(16)19-14-6-3-7-15-19/h2-7,10-11,14-15,18H,8-9,12-13H2,1H3,(H,23,26). The van der Waals surface area contributed by atoms with Gasteiger partial charge in [-0.2, -0.15) is 5.10 Å². The van der Waals surface area contributed by atoms with E-state index < -0.39 is 0 Å². The first-order valence-electron chi connectivity index (χ1n) is 9.25. The second-order valence-corrected chi connectivity index (χ2v) is 6.88. The average Bonchev–Trinajstić information content (AvgIpc) is 3.30. The van der Waals surface area contributed by atoms with Crippen molar-refractivity contribution >= 4 is 5.91 Å². The van der Waals surface area contributed by atoms with Gasteiger partial charge in [-0.15, -0.1) is 0 Å². The van der Waals surface area contributed by atoms with Crippen LogP contribution in [0.5, 0.6) is 0 Å². The van der Waals surface area contributed by atoms with Gasteiger partial charge in [-0.1, -0.05) is 61.4 Å². The van der Waals surface area contributed by atoms with Crippen molar-refractivity contribution in [2.45, 2.75) is 38.6 Å². The number of nitrogens with zero attached hydrogens (tertiary/aromatic N) is 2. The number of aromatic nitrogens is 2. The van der Waals surface area contributed by atoms with Crippen LogP contribution in [0.15, 0.2) is 60.7 Å². The molecule has 1 amide bonds. The second kappa shape index (κ2) is 7.16. The molecule has 1 aliphatic carbocycles. The maximum Gasteiger partial charge on any atom is 0.255 e. The van der Waals surface area contributed by atoms with Gasteiger partial charge in [-0.05, 0) is 31.9 Å². The fourth-order valence-electron chi connectivity index (χ4n) is 3.72. The van der Waals surface area contributed by atoms with Crippen LogP contribution in [-0.2, 0) is 0 Å². The van der Waals surface area contributed by atoms with Crippen LogP contribution in [0.25, 0.3) is 16.9 Å². The van der Waals surface area contributed by atoms with E-state index >= 15 is 0 Å². The first kappa shape index (κ1) is 16.6.